The molecule has 1 aromatic rings. The van der Waals surface area contributed by atoms with Gasteiger partial charge in [0.15, 0.2) is 0 Å². The standard InChI is InChI=1S/C17H27N3O2S/c1-17(2,3)16-18-13(12-23-16)11-19-6-8-20(9-7-19)15(21)14-5-4-10-22-14/h12,14H,4-11H2,1-3H3/t14-/m1/s1. The molecule has 3 rings (SSSR count). The molecule has 2 aliphatic rings. The van der Waals surface area contributed by atoms with Gasteiger partial charge in [-0.25, -0.2) is 4.98 Å². The van der Waals surface area contributed by atoms with Crippen molar-refractivity contribution in [2.75, 3.05) is 32.8 Å². The van der Waals surface area contributed by atoms with Gasteiger partial charge >= 0.3 is 0 Å². The summed E-state index contributed by atoms with van der Waals surface area (Å²) in [4.78, 5) is 21.5. The molecule has 2 saturated heterocycles. The van der Waals surface area contributed by atoms with E-state index in [4.69, 9.17) is 9.72 Å². The number of amides is 1. The fourth-order valence-corrected chi connectivity index (χ4v) is 3.95. The number of rotatable bonds is 3. The van der Waals surface area contributed by atoms with E-state index < -0.39 is 0 Å². The molecule has 0 radical (unpaired) electrons. The molecule has 0 unspecified atom stereocenters. The van der Waals surface area contributed by atoms with Crippen molar-refractivity contribution in [3.8, 4) is 0 Å². The first-order valence-electron chi connectivity index (χ1n) is 8.51. The Morgan fingerprint density at radius 1 is 1.35 bits per heavy atom. The Bertz CT molecular complexity index is 538. The van der Waals surface area contributed by atoms with Gasteiger partial charge in [0.05, 0.1) is 10.7 Å². The van der Waals surface area contributed by atoms with Crippen LogP contribution in [0.15, 0.2) is 5.38 Å². The SMILES string of the molecule is CC(C)(C)c1nc(CN2CCN(C(=O)[C@H]3CCCO3)CC2)cs1. The van der Waals surface area contributed by atoms with Crippen LogP contribution < -0.4 is 0 Å². The van der Waals surface area contributed by atoms with Crippen LogP contribution in [0.25, 0.3) is 0 Å². The van der Waals surface area contributed by atoms with E-state index in [2.05, 4.69) is 31.1 Å². The Morgan fingerprint density at radius 3 is 2.65 bits per heavy atom. The zero-order valence-corrected chi connectivity index (χ0v) is 15.2. The van der Waals surface area contributed by atoms with E-state index in [9.17, 15) is 4.79 Å². The Balaban J connectivity index is 1.49. The van der Waals surface area contributed by atoms with Crippen LogP contribution in [0.5, 0.6) is 0 Å². The smallest absolute Gasteiger partial charge is 0.251 e. The molecule has 0 saturated carbocycles. The van der Waals surface area contributed by atoms with Gasteiger partial charge in [-0.05, 0) is 12.8 Å². The molecule has 2 fully saturated rings. The van der Waals surface area contributed by atoms with E-state index in [-0.39, 0.29) is 17.4 Å². The first-order chi connectivity index (χ1) is 10.9. The maximum atomic E-state index is 12.4. The first kappa shape index (κ1) is 16.9. The zero-order valence-electron chi connectivity index (χ0n) is 14.4. The third-order valence-corrected chi connectivity index (χ3v) is 5.78. The topological polar surface area (TPSA) is 45.7 Å². The van der Waals surface area contributed by atoms with Crippen molar-refractivity contribution in [2.45, 2.75) is 51.7 Å². The molecule has 5 nitrogen and oxygen atoms in total. The van der Waals surface area contributed by atoms with Gasteiger partial charge in [0.25, 0.3) is 5.91 Å². The van der Waals surface area contributed by atoms with Gasteiger partial charge in [-0.3, -0.25) is 9.69 Å². The van der Waals surface area contributed by atoms with Crippen molar-refractivity contribution in [3.63, 3.8) is 0 Å². The minimum Gasteiger partial charge on any atom is -0.368 e. The number of hydrogen-bond donors (Lipinski definition) is 0. The van der Waals surface area contributed by atoms with Gasteiger partial charge in [0, 0.05) is 50.1 Å². The summed E-state index contributed by atoms with van der Waals surface area (Å²) in [5, 5.41) is 3.37. The lowest BCUT2D eigenvalue weighted by Gasteiger charge is -2.35. The Hall–Kier alpha value is -0.980. The van der Waals surface area contributed by atoms with Crippen LogP contribution in [0.4, 0.5) is 0 Å². The lowest BCUT2D eigenvalue weighted by Crippen LogP contribution is -2.51. The van der Waals surface area contributed by atoms with Gasteiger partial charge in [-0.15, -0.1) is 11.3 Å². The zero-order chi connectivity index (χ0) is 16.4. The van der Waals surface area contributed by atoms with Crippen LogP contribution in [-0.2, 0) is 21.5 Å². The molecule has 6 heteroatoms. The van der Waals surface area contributed by atoms with Crippen LogP contribution >= 0.6 is 11.3 Å². The molecule has 1 amide bonds. The van der Waals surface area contributed by atoms with Gasteiger partial charge in [0.2, 0.25) is 0 Å². The average Bonchev–Trinajstić information content (AvgIpc) is 3.18. The van der Waals surface area contributed by atoms with Crippen LogP contribution in [0.2, 0.25) is 0 Å². The van der Waals surface area contributed by atoms with Gasteiger partial charge < -0.3 is 9.64 Å². The maximum absolute atomic E-state index is 12.4. The van der Waals surface area contributed by atoms with Crippen molar-refractivity contribution in [3.05, 3.63) is 16.1 Å². The van der Waals surface area contributed by atoms with Crippen molar-refractivity contribution in [1.82, 2.24) is 14.8 Å². The minimum atomic E-state index is -0.186. The van der Waals surface area contributed by atoms with Crippen molar-refractivity contribution < 1.29 is 9.53 Å². The number of ether oxygens (including phenoxy) is 1. The summed E-state index contributed by atoms with van der Waals surface area (Å²) in [5.41, 5.74) is 1.27. The first-order valence-corrected chi connectivity index (χ1v) is 9.39. The molecule has 0 aliphatic carbocycles. The number of thiazole rings is 1. The normalized spacial score (nSPS) is 23.4. The number of piperazine rings is 1. The highest BCUT2D eigenvalue weighted by atomic mass is 32.1. The maximum Gasteiger partial charge on any atom is 0.251 e. The molecule has 2 aliphatic heterocycles. The van der Waals surface area contributed by atoms with Gasteiger partial charge in [0.1, 0.15) is 6.10 Å². The molecule has 3 heterocycles. The Morgan fingerprint density at radius 2 is 2.09 bits per heavy atom. The molecular weight excluding hydrogens is 310 g/mol. The van der Waals surface area contributed by atoms with Crippen LogP contribution in [0, 0.1) is 0 Å². The van der Waals surface area contributed by atoms with Crippen LogP contribution in [-0.4, -0.2) is 59.6 Å². The predicted molar refractivity (Wildman–Crippen MR) is 91.6 cm³/mol. The second-order valence-corrected chi connectivity index (χ2v) is 8.36. The number of nitrogens with zero attached hydrogens (tertiary/aromatic N) is 3. The molecule has 0 spiro atoms. The van der Waals surface area contributed by atoms with Gasteiger partial charge in [-0.2, -0.15) is 0 Å². The summed E-state index contributed by atoms with van der Waals surface area (Å²) in [6.07, 6.45) is 1.71. The highest BCUT2D eigenvalue weighted by Gasteiger charge is 2.30. The molecular formula is C17H27N3O2S. The molecule has 128 valence electrons. The lowest BCUT2D eigenvalue weighted by atomic mass is 9.98. The highest BCUT2D eigenvalue weighted by molar-refractivity contribution is 7.09. The monoisotopic (exact) mass is 337 g/mol. The molecule has 1 atom stereocenters. The molecule has 0 aromatic carbocycles. The number of aromatic nitrogens is 1. The average molecular weight is 337 g/mol. The molecule has 0 N–H and O–H groups in total. The second kappa shape index (κ2) is 6.87. The van der Waals surface area contributed by atoms with E-state index >= 15 is 0 Å². The minimum absolute atomic E-state index is 0.120. The Labute approximate surface area is 142 Å². The summed E-state index contributed by atoms with van der Waals surface area (Å²) in [6, 6.07) is 0. The Kier molecular flexibility index (Phi) is 5.04. The van der Waals surface area contributed by atoms with E-state index in [0.29, 0.717) is 0 Å². The number of carbonyl (C=O) groups excluding carboxylic acids is 1. The third kappa shape index (κ3) is 4.11. The summed E-state index contributed by atoms with van der Waals surface area (Å²) in [7, 11) is 0. The molecule has 1 aromatic heterocycles. The molecule has 23 heavy (non-hydrogen) atoms. The fraction of sp³-hybridized carbons (Fsp3) is 0.765. The summed E-state index contributed by atoms with van der Waals surface area (Å²) in [6.45, 7) is 11.7. The van der Waals surface area contributed by atoms with E-state index in [1.807, 2.05) is 4.90 Å². The van der Waals surface area contributed by atoms with Crippen LogP contribution in [0.1, 0.15) is 44.3 Å². The summed E-state index contributed by atoms with van der Waals surface area (Å²) in [5.74, 6) is 0.186. The molecule has 0 bridgehead atoms. The van der Waals surface area contributed by atoms with E-state index in [1.165, 1.54) is 5.01 Å². The summed E-state index contributed by atoms with van der Waals surface area (Å²) < 4.78 is 5.51. The lowest BCUT2D eigenvalue weighted by molar-refractivity contribution is -0.142. The second-order valence-electron chi connectivity index (χ2n) is 7.50. The van der Waals surface area contributed by atoms with E-state index in [0.717, 1.165) is 57.9 Å². The van der Waals surface area contributed by atoms with E-state index in [1.54, 1.807) is 11.3 Å². The largest absolute Gasteiger partial charge is 0.368 e. The van der Waals surface area contributed by atoms with Crippen LogP contribution in [0.3, 0.4) is 0 Å². The quantitative estimate of drug-likeness (QED) is 0.849. The summed E-state index contributed by atoms with van der Waals surface area (Å²) >= 11 is 1.75. The predicted octanol–water partition coefficient (Wildman–Crippen LogP) is 2.26. The number of hydrogen-bond acceptors (Lipinski definition) is 5. The van der Waals surface area contributed by atoms with Crippen molar-refractivity contribution in [1.29, 1.82) is 0 Å². The van der Waals surface area contributed by atoms with Crippen molar-refractivity contribution in [2.24, 2.45) is 0 Å². The third-order valence-electron chi connectivity index (χ3n) is 4.47. The van der Waals surface area contributed by atoms with Crippen molar-refractivity contribution >= 4 is 17.2 Å². The highest BCUT2D eigenvalue weighted by Crippen LogP contribution is 2.26. The fourth-order valence-electron chi connectivity index (χ4n) is 3.06. The van der Waals surface area contributed by atoms with Gasteiger partial charge in [-0.1, -0.05) is 20.8 Å². The number of carbonyl (C=O) groups is 1.